The molecule has 0 unspecified atom stereocenters. The maximum Gasteiger partial charge on any atom is 0.255 e. The number of rotatable bonds is 4. The van der Waals surface area contributed by atoms with Gasteiger partial charge in [-0.25, -0.2) is 0 Å². The van der Waals surface area contributed by atoms with Gasteiger partial charge in [-0.2, -0.15) is 0 Å². The average molecular weight is 273 g/mol. The minimum absolute atomic E-state index is 0.0937. The molecule has 0 saturated heterocycles. The Kier molecular flexibility index (Phi) is 4.10. The van der Waals surface area contributed by atoms with Crippen molar-refractivity contribution < 1.29 is 19.7 Å². The number of hydrogen-bond acceptors (Lipinski definition) is 4. The molecule has 1 amide bonds. The van der Waals surface area contributed by atoms with Crippen LogP contribution in [0.15, 0.2) is 42.5 Å². The summed E-state index contributed by atoms with van der Waals surface area (Å²) in [5.74, 6) is -0.0950. The van der Waals surface area contributed by atoms with Gasteiger partial charge in [0.2, 0.25) is 0 Å². The molecule has 0 fully saturated rings. The second-order valence-corrected chi connectivity index (χ2v) is 4.20. The van der Waals surface area contributed by atoms with Crippen LogP contribution in [0.2, 0.25) is 0 Å². The molecule has 104 valence electrons. The fraction of sp³-hybridized carbons (Fsp3) is 0.133. The van der Waals surface area contributed by atoms with E-state index in [1.54, 1.807) is 13.2 Å². The molecule has 2 aromatic rings. The summed E-state index contributed by atoms with van der Waals surface area (Å²) in [6.07, 6.45) is 0. The number of carbonyl (C=O) groups excluding carboxylic acids is 1. The topological polar surface area (TPSA) is 78.8 Å². The zero-order chi connectivity index (χ0) is 14.5. The molecule has 0 heterocycles. The number of phenolic OH excluding ortho intramolecular Hbond substituents is 2. The first-order valence-corrected chi connectivity index (χ1v) is 6.04. The number of ether oxygens (including phenoxy) is 1. The van der Waals surface area contributed by atoms with Crippen molar-refractivity contribution in [3.8, 4) is 17.2 Å². The molecule has 0 aromatic heterocycles. The molecule has 0 bridgehead atoms. The monoisotopic (exact) mass is 273 g/mol. The molecule has 0 aliphatic carbocycles. The lowest BCUT2D eigenvalue weighted by molar-refractivity contribution is 0.0948. The lowest BCUT2D eigenvalue weighted by Crippen LogP contribution is -2.23. The summed E-state index contributed by atoms with van der Waals surface area (Å²) in [6.45, 7) is 0.281. The van der Waals surface area contributed by atoms with Crippen LogP contribution in [0.25, 0.3) is 0 Å². The summed E-state index contributed by atoms with van der Waals surface area (Å²) in [6, 6.07) is 11.2. The van der Waals surface area contributed by atoms with Gasteiger partial charge >= 0.3 is 0 Å². The van der Waals surface area contributed by atoms with Gasteiger partial charge in [-0.15, -0.1) is 0 Å². The summed E-state index contributed by atoms with van der Waals surface area (Å²) in [5.41, 5.74) is 0.944. The first-order chi connectivity index (χ1) is 9.61. The van der Waals surface area contributed by atoms with Gasteiger partial charge in [0.25, 0.3) is 5.91 Å². The summed E-state index contributed by atoms with van der Waals surface area (Å²) in [7, 11) is 1.56. The van der Waals surface area contributed by atoms with E-state index in [-0.39, 0.29) is 23.6 Å². The predicted octanol–water partition coefficient (Wildman–Crippen LogP) is 2.04. The Balaban J connectivity index is 2.09. The van der Waals surface area contributed by atoms with Crippen LogP contribution in [-0.4, -0.2) is 23.2 Å². The zero-order valence-electron chi connectivity index (χ0n) is 11.0. The highest BCUT2D eigenvalue weighted by Crippen LogP contribution is 2.23. The number of amides is 1. The normalized spacial score (nSPS) is 10.1. The molecule has 0 atom stereocenters. The number of carbonyl (C=O) groups is 1. The van der Waals surface area contributed by atoms with E-state index in [0.29, 0.717) is 5.75 Å². The molecule has 5 heteroatoms. The highest BCUT2D eigenvalue weighted by molar-refractivity contribution is 5.96. The minimum Gasteiger partial charge on any atom is -0.508 e. The summed E-state index contributed by atoms with van der Waals surface area (Å²) < 4.78 is 5.19. The van der Waals surface area contributed by atoms with Gasteiger partial charge < -0.3 is 20.3 Å². The van der Waals surface area contributed by atoms with Crippen LogP contribution >= 0.6 is 0 Å². The molecule has 5 nitrogen and oxygen atoms in total. The Hall–Kier alpha value is -2.69. The molecule has 0 aliphatic heterocycles. The first-order valence-electron chi connectivity index (χ1n) is 6.04. The molecule has 2 rings (SSSR count). The molecular formula is C15H15NO4. The van der Waals surface area contributed by atoms with E-state index in [1.807, 2.05) is 18.2 Å². The van der Waals surface area contributed by atoms with Gasteiger partial charge in [-0.1, -0.05) is 18.2 Å². The molecule has 20 heavy (non-hydrogen) atoms. The van der Waals surface area contributed by atoms with Crippen molar-refractivity contribution in [1.29, 1.82) is 0 Å². The van der Waals surface area contributed by atoms with Crippen molar-refractivity contribution in [2.75, 3.05) is 7.11 Å². The average Bonchev–Trinajstić information content (AvgIpc) is 2.45. The number of phenols is 2. The Morgan fingerprint density at radius 1 is 1.20 bits per heavy atom. The molecule has 2 aromatic carbocycles. The van der Waals surface area contributed by atoms with Gasteiger partial charge in [0.05, 0.1) is 12.7 Å². The van der Waals surface area contributed by atoms with Crippen molar-refractivity contribution in [3.63, 3.8) is 0 Å². The maximum absolute atomic E-state index is 12.0. The van der Waals surface area contributed by atoms with Crippen molar-refractivity contribution in [3.05, 3.63) is 53.6 Å². The summed E-state index contributed by atoms with van der Waals surface area (Å²) in [4.78, 5) is 12.0. The third-order valence-electron chi connectivity index (χ3n) is 2.86. The van der Waals surface area contributed by atoms with Crippen molar-refractivity contribution in [1.82, 2.24) is 5.32 Å². The van der Waals surface area contributed by atoms with Crippen molar-refractivity contribution in [2.24, 2.45) is 0 Å². The van der Waals surface area contributed by atoms with Gasteiger partial charge in [0.15, 0.2) is 0 Å². The largest absolute Gasteiger partial charge is 0.508 e. The smallest absolute Gasteiger partial charge is 0.255 e. The molecular weight excluding hydrogens is 258 g/mol. The fourth-order valence-corrected chi connectivity index (χ4v) is 1.83. The van der Waals surface area contributed by atoms with E-state index in [0.717, 1.165) is 11.6 Å². The van der Waals surface area contributed by atoms with E-state index in [1.165, 1.54) is 12.1 Å². The molecule has 0 radical (unpaired) electrons. The minimum atomic E-state index is -0.423. The van der Waals surface area contributed by atoms with Gasteiger partial charge in [0, 0.05) is 18.2 Å². The molecule has 0 aliphatic rings. The molecule has 0 saturated carbocycles. The maximum atomic E-state index is 12.0. The third-order valence-corrected chi connectivity index (χ3v) is 2.86. The number of para-hydroxylation sites is 1. The van der Waals surface area contributed by atoms with Gasteiger partial charge in [-0.3, -0.25) is 4.79 Å². The number of nitrogens with one attached hydrogen (secondary N) is 1. The molecule has 0 spiro atoms. The van der Waals surface area contributed by atoms with E-state index in [9.17, 15) is 15.0 Å². The second kappa shape index (κ2) is 5.97. The lowest BCUT2D eigenvalue weighted by Gasteiger charge is -2.10. The Labute approximate surface area is 116 Å². The lowest BCUT2D eigenvalue weighted by atomic mass is 10.1. The summed E-state index contributed by atoms with van der Waals surface area (Å²) in [5, 5.41) is 21.5. The van der Waals surface area contributed by atoms with Gasteiger partial charge in [-0.05, 0) is 18.2 Å². The Morgan fingerprint density at radius 2 is 1.95 bits per heavy atom. The Morgan fingerprint density at radius 3 is 2.65 bits per heavy atom. The Bertz CT molecular complexity index is 625. The van der Waals surface area contributed by atoms with Crippen LogP contribution in [-0.2, 0) is 6.54 Å². The SMILES string of the molecule is COc1ccccc1CNC(=O)c1ccc(O)cc1O. The number of benzene rings is 2. The second-order valence-electron chi connectivity index (χ2n) is 4.20. The first kappa shape index (κ1) is 13.7. The standard InChI is InChI=1S/C15H15NO4/c1-20-14-5-3-2-4-10(14)9-16-15(19)12-7-6-11(17)8-13(12)18/h2-8,17-18H,9H2,1H3,(H,16,19). The highest BCUT2D eigenvalue weighted by Gasteiger charge is 2.12. The van der Waals surface area contributed by atoms with E-state index < -0.39 is 5.91 Å². The van der Waals surface area contributed by atoms with E-state index in [4.69, 9.17) is 4.74 Å². The van der Waals surface area contributed by atoms with Crippen molar-refractivity contribution in [2.45, 2.75) is 6.54 Å². The van der Waals surface area contributed by atoms with Gasteiger partial charge in [0.1, 0.15) is 17.2 Å². The van der Waals surface area contributed by atoms with Crippen LogP contribution < -0.4 is 10.1 Å². The molecule has 3 N–H and O–H groups in total. The van der Waals surface area contributed by atoms with Crippen LogP contribution in [0, 0.1) is 0 Å². The van der Waals surface area contributed by atoms with Crippen LogP contribution in [0.1, 0.15) is 15.9 Å². The predicted molar refractivity (Wildman–Crippen MR) is 73.9 cm³/mol. The van der Waals surface area contributed by atoms with Crippen LogP contribution in [0.3, 0.4) is 0 Å². The zero-order valence-corrected chi connectivity index (χ0v) is 11.0. The van der Waals surface area contributed by atoms with Crippen LogP contribution in [0.5, 0.6) is 17.2 Å². The number of aromatic hydroxyl groups is 2. The van der Waals surface area contributed by atoms with Crippen molar-refractivity contribution >= 4 is 5.91 Å². The van der Waals surface area contributed by atoms with E-state index in [2.05, 4.69) is 5.32 Å². The fourth-order valence-electron chi connectivity index (χ4n) is 1.83. The summed E-state index contributed by atoms with van der Waals surface area (Å²) >= 11 is 0. The number of methoxy groups -OCH3 is 1. The number of hydrogen-bond donors (Lipinski definition) is 3. The quantitative estimate of drug-likeness (QED) is 0.796. The third kappa shape index (κ3) is 3.00. The highest BCUT2D eigenvalue weighted by atomic mass is 16.5. The van der Waals surface area contributed by atoms with Crippen LogP contribution in [0.4, 0.5) is 0 Å². The van der Waals surface area contributed by atoms with E-state index >= 15 is 0 Å².